The summed E-state index contributed by atoms with van der Waals surface area (Å²) in [7, 11) is 0. The summed E-state index contributed by atoms with van der Waals surface area (Å²) in [4.78, 5) is 15.1. The first kappa shape index (κ1) is 9.54. The van der Waals surface area contributed by atoms with Crippen molar-refractivity contribution in [3.8, 4) is 0 Å². The van der Waals surface area contributed by atoms with Crippen LogP contribution in [0.1, 0.15) is 17.3 Å². The van der Waals surface area contributed by atoms with Gasteiger partial charge in [-0.2, -0.15) is 4.37 Å². The molecule has 2 rings (SSSR count). The van der Waals surface area contributed by atoms with Crippen LogP contribution in [0.2, 0.25) is 0 Å². The van der Waals surface area contributed by atoms with Crippen molar-refractivity contribution >= 4 is 17.5 Å². The molecule has 0 radical (unpaired) electrons. The van der Waals surface area contributed by atoms with Crippen LogP contribution in [0.25, 0.3) is 0 Å². The summed E-state index contributed by atoms with van der Waals surface area (Å²) in [6.45, 7) is 1.38. The Morgan fingerprint density at radius 2 is 2.57 bits per heavy atom. The summed E-state index contributed by atoms with van der Waals surface area (Å²) < 4.78 is 3.91. The maximum atomic E-state index is 11.0. The molecule has 2 unspecified atom stereocenters. The molecule has 0 saturated carbocycles. The molecule has 2 N–H and O–H groups in total. The predicted octanol–water partition coefficient (Wildman–Crippen LogP) is 0.316. The molecule has 6 heteroatoms. The van der Waals surface area contributed by atoms with Crippen LogP contribution in [0.3, 0.4) is 0 Å². The summed E-state index contributed by atoms with van der Waals surface area (Å²) in [5.41, 5.74) is 0. The van der Waals surface area contributed by atoms with E-state index < -0.39 is 5.97 Å². The summed E-state index contributed by atoms with van der Waals surface area (Å²) in [6.07, 6.45) is 2.31. The van der Waals surface area contributed by atoms with Crippen molar-refractivity contribution in [2.75, 3.05) is 13.1 Å². The van der Waals surface area contributed by atoms with Crippen molar-refractivity contribution in [3.63, 3.8) is 0 Å². The fourth-order valence-electron chi connectivity index (χ4n) is 1.76. The molecule has 76 valence electrons. The summed E-state index contributed by atoms with van der Waals surface area (Å²) in [5.74, 6) is -1.09. The monoisotopic (exact) mass is 213 g/mol. The fraction of sp³-hybridized carbons (Fsp3) is 0.625. The van der Waals surface area contributed by atoms with Gasteiger partial charge in [-0.25, -0.2) is 4.98 Å². The van der Waals surface area contributed by atoms with Crippen LogP contribution in [0.4, 0.5) is 0 Å². The van der Waals surface area contributed by atoms with Crippen molar-refractivity contribution in [3.05, 3.63) is 11.3 Å². The molecule has 2 heterocycles. The first-order valence-corrected chi connectivity index (χ1v) is 5.26. The molecular weight excluding hydrogens is 202 g/mol. The van der Waals surface area contributed by atoms with E-state index in [1.54, 1.807) is 0 Å². The van der Waals surface area contributed by atoms with Crippen LogP contribution in [-0.4, -0.2) is 33.5 Å². The van der Waals surface area contributed by atoms with E-state index in [0.29, 0.717) is 6.54 Å². The molecular formula is C8H11N3O2S. The van der Waals surface area contributed by atoms with Gasteiger partial charge in [-0.1, -0.05) is 0 Å². The van der Waals surface area contributed by atoms with Gasteiger partial charge in [0.1, 0.15) is 11.3 Å². The van der Waals surface area contributed by atoms with Gasteiger partial charge in [0.05, 0.1) is 5.92 Å². The van der Waals surface area contributed by atoms with E-state index in [0.717, 1.165) is 18.0 Å². The first-order chi connectivity index (χ1) is 6.79. The Morgan fingerprint density at radius 1 is 1.71 bits per heavy atom. The van der Waals surface area contributed by atoms with E-state index in [2.05, 4.69) is 14.7 Å². The van der Waals surface area contributed by atoms with E-state index in [9.17, 15) is 4.79 Å². The van der Waals surface area contributed by atoms with E-state index in [1.165, 1.54) is 17.9 Å². The van der Waals surface area contributed by atoms with E-state index >= 15 is 0 Å². The average molecular weight is 213 g/mol. The number of nitrogens with zero attached hydrogens (tertiary/aromatic N) is 2. The minimum Gasteiger partial charge on any atom is -0.481 e. The van der Waals surface area contributed by atoms with Gasteiger partial charge in [0.15, 0.2) is 0 Å². The van der Waals surface area contributed by atoms with Crippen molar-refractivity contribution < 1.29 is 9.90 Å². The van der Waals surface area contributed by atoms with Crippen molar-refractivity contribution in [1.82, 2.24) is 14.7 Å². The lowest BCUT2D eigenvalue weighted by Crippen LogP contribution is -2.39. The molecule has 1 fully saturated rings. The molecule has 0 aliphatic carbocycles. The maximum absolute atomic E-state index is 11.0. The first-order valence-electron chi connectivity index (χ1n) is 4.49. The lowest BCUT2D eigenvalue weighted by Gasteiger charge is -2.27. The number of hydrogen-bond acceptors (Lipinski definition) is 5. The number of aliphatic carboxylic acids is 1. The Balaban J connectivity index is 2.18. The molecule has 1 aromatic heterocycles. The maximum Gasteiger partial charge on any atom is 0.308 e. The Kier molecular flexibility index (Phi) is 2.74. The number of rotatable bonds is 2. The van der Waals surface area contributed by atoms with Gasteiger partial charge < -0.3 is 10.4 Å². The molecule has 0 bridgehead atoms. The molecule has 1 aromatic rings. The zero-order valence-corrected chi connectivity index (χ0v) is 8.33. The smallest absolute Gasteiger partial charge is 0.308 e. The minimum absolute atomic E-state index is 0.0289. The van der Waals surface area contributed by atoms with Crippen molar-refractivity contribution in [2.24, 2.45) is 5.92 Å². The van der Waals surface area contributed by atoms with Crippen LogP contribution in [0.15, 0.2) is 6.33 Å². The van der Waals surface area contributed by atoms with E-state index in [-0.39, 0.29) is 11.8 Å². The Morgan fingerprint density at radius 3 is 3.21 bits per heavy atom. The lowest BCUT2D eigenvalue weighted by molar-refractivity contribution is -0.142. The highest BCUT2D eigenvalue weighted by Gasteiger charge is 2.33. The number of nitrogens with one attached hydrogen (secondary N) is 1. The van der Waals surface area contributed by atoms with Gasteiger partial charge in [0.2, 0.25) is 0 Å². The number of hydrogen-bond donors (Lipinski definition) is 2. The molecule has 1 aliphatic rings. The van der Waals surface area contributed by atoms with Crippen molar-refractivity contribution in [2.45, 2.75) is 12.3 Å². The summed E-state index contributed by atoms with van der Waals surface area (Å²) in [6, 6.07) is 0. The molecule has 1 aliphatic heterocycles. The highest BCUT2D eigenvalue weighted by atomic mass is 32.1. The third-order valence-corrected chi connectivity index (χ3v) is 3.29. The van der Waals surface area contributed by atoms with Gasteiger partial charge in [-0.05, 0) is 24.5 Å². The Hall–Kier alpha value is -1.01. The summed E-state index contributed by atoms with van der Waals surface area (Å²) >= 11 is 1.30. The standard InChI is InChI=1S/C8H11N3O2S/c12-8(13)6-3-9-2-1-5(6)7-10-4-11-14-7/h4-6,9H,1-3H2,(H,12,13). The van der Waals surface area contributed by atoms with Gasteiger partial charge >= 0.3 is 5.97 Å². The van der Waals surface area contributed by atoms with E-state index in [1.807, 2.05) is 0 Å². The quantitative estimate of drug-likeness (QED) is 0.739. The third-order valence-electron chi connectivity index (χ3n) is 2.49. The number of carboxylic acid groups (broad SMARTS) is 1. The highest BCUT2D eigenvalue weighted by Crippen LogP contribution is 2.30. The SMILES string of the molecule is O=C(O)C1CNCCC1c1ncns1. The van der Waals surface area contributed by atoms with Crippen LogP contribution < -0.4 is 5.32 Å². The van der Waals surface area contributed by atoms with E-state index in [4.69, 9.17) is 5.11 Å². The number of piperidine rings is 1. The second kappa shape index (κ2) is 4.02. The third kappa shape index (κ3) is 1.76. The normalized spacial score (nSPS) is 27.4. The zero-order valence-electron chi connectivity index (χ0n) is 7.51. The molecule has 0 spiro atoms. The lowest BCUT2D eigenvalue weighted by atomic mass is 9.87. The average Bonchev–Trinajstić information content (AvgIpc) is 2.70. The van der Waals surface area contributed by atoms with Crippen LogP contribution in [-0.2, 0) is 4.79 Å². The molecule has 0 amide bonds. The minimum atomic E-state index is -0.752. The number of carboxylic acids is 1. The second-order valence-electron chi connectivity index (χ2n) is 3.32. The van der Waals surface area contributed by atoms with Gasteiger partial charge in [0, 0.05) is 12.5 Å². The second-order valence-corrected chi connectivity index (χ2v) is 4.14. The molecule has 14 heavy (non-hydrogen) atoms. The number of aromatic nitrogens is 2. The molecule has 2 atom stereocenters. The topological polar surface area (TPSA) is 75.1 Å². The Labute approximate surface area is 85.3 Å². The van der Waals surface area contributed by atoms with Crippen LogP contribution in [0, 0.1) is 5.92 Å². The van der Waals surface area contributed by atoms with Crippen LogP contribution >= 0.6 is 11.5 Å². The zero-order chi connectivity index (χ0) is 9.97. The molecule has 5 nitrogen and oxygen atoms in total. The molecule has 0 aromatic carbocycles. The summed E-state index contributed by atoms with van der Waals surface area (Å²) in [5, 5.41) is 13.0. The van der Waals surface area contributed by atoms with Crippen LogP contribution in [0.5, 0.6) is 0 Å². The predicted molar refractivity (Wildman–Crippen MR) is 51.3 cm³/mol. The Bertz CT molecular complexity index is 314. The highest BCUT2D eigenvalue weighted by molar-refractivity contribution is 7.05. The van der Waals surface area contributed by atoms with Gasteiger partial charge in [0.25, 0.3) is 0 Å². The fourth-order valence-corrected chi connectivity index (χ4v) is 2.47. The largest absolute Gasteiger partial charge is 0.481 e. The van der Waals surface area contributed by atoms with Gasteiger partial charge in [-0.15, -0.1) is 0 Å². The molecule has 1 saturated heterocycles. The number of carbonyl (C=O) groups is 1. The van der Waals surface area contributed by atoms with Gasteiger partial charge in [-0.3, -0.25) is 4.79 Å². The van der Waals surface area contributed by atoms with Crippen molar-refractivity contribution in [1.29, 1.82) is 0 Å².